The van der Waals surface area contributed by atoms with E-state index in [2.05, 4.69) is 5.32 Å². The van der Waals surface area contributed by atoms with Crippen molar-refractivity contribution in [2.75, 3.05) is 5.32 Å². The van der Waals surface area contributed by atoms with Crippen molar-refractivity contribution in [2.24, 2.45) is 0 Å². The highest BCUT2D eigenvalue weighted by atomic mass is 19.1. The van der Waals surface area contributed by atoms with E-state index in [1.807, 2.05) is 0 Å². The molecule has 0 atom stereocenters. The monoisotopic (exact) mass is 243 g/mol. The standard InChI is InChI=1S/C14H10FNO2/c15-11-8-6-10(7-9-11)13(17)14(18)16-12-4-2-1-3-5-12/h1-9H,(H,16,18). The zero-order chi connectivity index (χ0) is 13.0. The molecule has 0 saturated heterocycles. The highest BCUT2D eigenvalue weighted by Crippen LogP contribution is 2.08. The molecule has 0 aromatic heterocycles. The van der Waals surface area contributed by atoms with E-state index in [0.29, 0.717) is 5.69 Å². The number of ketones is 1. The number of halogens is 1. The van der Waals surface area contributed by atoms with E-state index in [-0.39, 0.29) is 5.56 Å². The molecule has 0 unspecified atom stereocenters. The minimum atomic E-state index is -0.743. The second-order valence-corrected chi connectivity index (χ2v) is 3.66. The molecule has 0 aliphatic rings. The molecule has 0 spiro atoms. The van der Waals surface area contributed by atoms with Crippen molar-refractivity contribution in [3.63, 3.8) is 0 Å². The Morgan fingerprint density at radius 2 is 1.50 bits per heavy atom. The Labute approximate surface area is 103 Å². The number of carbonyl (C=O) groups excluding carboxylic acids is 2. The third-order valence-electron chi connectivity index (χ3n) is 2.34. The Morgan fingerprint density at radius 1 is 0.889 bits per heavy atom. The fourth-order valence-electron chi connectivity index (χ4n) is 1.44. The van der Waals surface area contributed by atoms with Crippen molar-refractivity contribution in [2.45, 2.75) is 0 Å². The first-order chi connectivity index (χ1) is 8.66. The lowest BCUT2D eigenvalue weighted by Crippen LogP contribution is -2.22. The molecule has 0 aliphatic heterocycles. The summed E-state index contributed by atoms with van der Waals surface area (Å²) in [5.41, 5.74) is 0.697. The first-order valence-corrected chi connectivity index (χ1v) is 5.33. The lowest BCUT2D eigenvalue weighted by Gasteiger charge is -2.03. The molecule has 90 valence electrons. The molecule has 0 bridgehead atoms. The van der Waals surface area contributed by atoms with Crippen molar-refractivity contribution >= 4 is 17.4 Å². The van der Waals surface area contributed by atoms with Crippen LogP contribution in [0.1, 0.15) is 10.4 Å². The molecule has 0 saturated carbocycles. The summed E-state index contributed by atoms with van der Waals surface area (Å²) in [4.78, 5) is 23.4. The maximum Gasteiger partial charge on any atom is 0.296 e. The van der Waals surface area contributed by atoms with E-state index < -0.39 is 17.5 Å². The third kappa shape index (κ3) is 2.79. The van der Waals surface area contributed by atoms with Gasteiger partial charge in [-0.15, -0.1) is 0 Å². The van der Waals surface area contributed by atoms with Crippen LogP contribution in [0, 0.1) is 5.82 Å². The highest BCUT2D eigenvalue weighted by molar-refractivity contribution is 6.46. The Hall–Kier alpha value is -2.49. The summed E-state index contributed by atoms with van der Waals surface area (Å²) in [5, 5.41) is 2.47. The average molecular weight is 243 g/mol. The normalized spacial score (nSPS) is 9.83. The summed E-state index contributed by atoms with van der Waals surface area (Å²) >= 11 is 0. The van der Waals surface area contributed by atoms with Crippen LogP contribution in [-0.2, 0) is 4.79 Å². The van der Waals surface area contributed by atoms with Gasteiger partial charge >= 0.3 is 0 Å². The zero-order valence-corrected chi connectivity index (χ0v) is 9.39. The van der Waals surface area contributed by atoms with Crippen molar-refractivity contribution in [3.05, 3.63) is 66.0 Å². The van der Waals surface area contributed by atoms with E-state index in [4.69, 9.17) is 0 Å². The number of rotatable bonds is 3. The smallest absolute Gasteiger partial charge is 0.296 e. The second-order valence-electron chi connectivity index (χ2n) is 3.66. The van der Waals surface area contributed by atoms with Crippen molar-refractivity contribution in [1.82, 2.24) is 0 Å². The molecular formula is C14H10FNO2. The fourth-order valence-corrected chi connectivity index (χ4v) is 1.44. The van der Waals surface area contributed by atoms with Crippen molar-refractivity contribution < 1.29 is 14.0 Å². The first-order valence-electron chi connectivity index (χ1n) is 5.33. The van der Waals surface area contributed by atoms with E-state index in [1.165, 1.54) is 12.1 Å². The van der Waals surface area contributed by atoms with Gasteiger partial charge in [-0.3, -0.25) is 9.59 Å². The van der Waals surface area contributed by atoms with Gasteiger partial charge in [0.05, 0.1) is 0 Å². The first kappa shape index (κ1) is 12.0. The Balaban J connectivity index is 2.10. The highest BCUT2D eigenvalue weighted by Gasteiger charge is 2.15. The Morgan fingerprint density at radius 3 is 2.11 bits per heavy atom. The van der Waals surface area contributed by atoms with Gasteiger partial charge in [-0.25, -0.2) is 4.39 Å². The minimum Gasteiger partial charge on any atom is -0.319 e. The molecule has 4 heteroatoms. The minimum absolute atomic E-state index is 0.157. The maximum absolute atomic E-state index is 12.7. The lowest BCUT2D eigenvalue weighted by atomic mass is 10.1. The van der Waals surface area contributed by atoms with Gasteiger partial charge in [0.15, 0.2) is 0 Å². The summed E-state index contributed by atoms with van der Waals surface area (Å²) in [6.45, 7) is 0. The molecule has 1 amide bonds. The average Bonchev–Trinajstić information content (AvgIpc) is 2.40. The molecule has 2 rings (SSSR count). The number of benzene rings is 2. The van der Waals surface area contributed by atoms with E-state index in [9.17, 15) is 14.0 Å². The number of carbonyl (C=O) groups is 2. The molecule has 1 N–H and O–H groups in total. The number of para-hydroxylation sites is 1. The van der Waals surface area contributed by atoms with Crippen LogP contribution in [0.4, 0.5) is 10.1 Å². The van der Waals surface area contributed by atoms with Crippen LogP contribution in [0.15, 0.2) is 54.6 Å². The summed E-state index contributed by atoms with van der Waals surface area (Å²) in [7, 11) is 0. The summed E-state index contributed by atoms with van der Waals surface area (Å²) in [6.07, 6.45) is 0. The van der Waals surface area contributed by atoms with Crippen LogP contribution in [0.25, 0.3) is 0 Å². The van der Waals surface area contributed by atoms with Gasteiger partial charge in [0.2, 0.25) is 0 Å². The number of hydrogen-bond acceptors (Lipinski definition) is 2. The van der Waals surface area contributed by atoms with Gasteiger partial charge in [-0.05, 0) is 36.4 Å². The number of anilines is 1. The van der Waals surface area contributed by atoms with Crippen LogP contribution in [0.5, 0.6) is 0 Å². The quantitative estimate of drug-likeness (QED) is 0.665. The van der Waals surface area contributed by atoms with Gasteiger partial charge in [0, 0.05) is 11.3 Å². The molecule has 0 heterocycles. The van der Waals surface area contributed by atoms with Crippen molar-refractivity contribution in [1.29, 1.82) is 0 Å². The van der Waals surface area contributed by atoms with Crippen LogP contribution in [0.3, 0.4) is 0 Å². The molecule has 2 aromatic rings. The van der Waals surface area contributed by atoms with Gasteiger partial charge in [-0.2, -0.15) is 0 Å². The largest absolute Gasteiger partial charge is 0.319 e. The number of hydrogen-bond donors (Lipinski definition) is 1. The van der Waals surface area contributed by atoms with Crippen LogP contribution >= 0.6 is 0 Å². The number of amides is 1. The molecule has 3 nitrogen and oxygen atoms in total. The SMILES string of the molecule is O=C(Nc1ccccc1)C(=O)c1ccc(F)cc1. The Bertz CT molecular complexity index is 564. The molecule has 0 aliphatic carbocycles. The molecule has 2 aromatic carbocycles. The summed E-state index contributed by atoms with van der Waals surface area (Å²) < 4.78 is 12.7. The fraction of sp³-hybridized carbons (Fsp3) is 0. The maximum atomic E-state index is 12.7. The van der Waals surface area contributed by atoms with Crippen LogP contribution < -0.4 is 5.32 Å². The Kier molecular flexibility index (Phi) is 3.48. The number of Topliss-reactive ketones (excluding diaryl/α,β-unsaturated/α-hetero) is 1. The summed E-state index contributed by atoms with van der Waals surface area (Å²) in [5.74, 6) is -1.89. The van der Waals surface area contributed by atoms with E-state index >= 15 is 0 Å². The van der Waals surface area contributed by atoms with Gasteiger partial charge in [0.25, 0.3) is 11.7 Å². The molecule has 0 radical (unpaired) electrons. The van der Waals surface area contributed by atoms with E-state index in [0.717, 1.165) is 12.1 Å². The topological polar surface area (TPSA) is 46.2 Å². The van der Waals surface area contributed by atoms with Gasteiger partial charge < -0.3 is 5.32 Å². The third-order valence-corrected chi connectivity index (χ3v) is 2.34. The van der Waals surface area contributed by atoms with Crippen LogP contribution in [-0.4, -0.2) is 11.7 Å². The molecule has 0 fully saturated rings. The van der Waals surface area contributed by atoms with E-state index in [1.54, 1.807) is 30.3 Å². The predicted octanol–water partition coefficient (Wildman–Crippen LogP) is 2.65. The molecule has 18 heavy (non-hydrogen) atoms. The second kappa shape index (κ2) is 5.23. The van der Waals surface area contributed by atoms with Gasteiger partial charge in [-0.1, -0.05) is 18.2 Å². The zero-order valence-electron chi connectivity index (χ0n) is 9.39. The number of nitrogens with one attached hydrogen (secondary N) is 1. The lowest BCUT2D eigenvalue weighted by molar-refractivity contribution is -0.112. The predicted molar refractivity (Wildman–Crippen MR) is 65.8 cm³/mol. The summed E-state index contributed by atoms with van der Waals surface area (Å²) in [6, 6.07) is 13.5. The van der Waals surface area contributed by atoms with Gasteiger partial charge in [0.1, 0.15) is 5.82 Å². The van der Waals surface area contributed by atoms with Crippen molar-refractivity contribution in [3.8, 4) is 0 Å². The molecular weight excluding hydrogens is 233 g/mol. The van der Waals surface area contributed by atoms with Crippen LogP contribution in [0.2, 0.25) is 0 Å².